The van der Waals surface area contributed by atoms with Gasteiger partial charge >= 0.3 is 0 Å². The number of rotatable bonds is 0. The maximum atomic E-state index is 5.91. The van der Waals surface area contributed by atoms with Gasteiger partial charge in [-0.2, -0.15) is 0 Å². The van der Waals surface area contributed by atoms with Crippen molar-refractivity contribution in [1.29, 1.82) is 0 Å². The third-order valence-corrected chi connectivity index (χ3v) is 2.59. The Morgan fingerprint density at radius 3 is 2.42 bits per heavy atom. The maximum Gasteiger partial charge on any atom is 0.116 e. The zero-order chi connectivity index (χ0) is 8.72. The van der Waals surface area contributed by atoms with E-state index >= 15 is 0 Å². The van der Waals surface area contributed by atoms with Crippen LogP contribution in [0, 0.1) is 0 Å². The Labute approximate surface area is 84.2 Å². The van der Waals surface area contributed by atoms with E-state index in [4.69, 9.17) is 34.8 Å². The second-order valence-electron chi connectivity index (χ2n) is 2.42. The van der Waals surface area contributed by atoms with Gasteiger partial charge in [0, 0.05) is 10.8 Å². The van der Waals surface area contributed by atoms with Crippen molar-refractivity contribution in [3.8, 4) is 0 Å². The summed E-state index contributed by atoms with van der Waals surface area (Å²) in [4.78, 5) is 2.80. The summed E-state index contributed by atoms with van der Waals surface area (Å²) >= 11 is 17.6. The fourth-order valence-electron chi connectivity index (χ4n) is 1.16. The Hall–Kier alpha value is -0.370. The van der Waals surface area contributed by atoms with Gasteiger partial charge in [0.25, 0.3) is 0 Å². The first-order valence-corrected chi connectivity index (χ1v) is 4.44. The summed E-state index contributed by atoms with van der Waals surface area (Å²) in [6.07, 6.45) is 0. The van der Waals surface area contributed by atoms with E-state index in [0.29, 0.717) is 15.3 Å². The van der Waals surface area contributed by atoms with Gasteiger partial charge < -0.3 is 4.98 Å². The van der Waals surface area contributed by atoms with Crippen LogP contribution in [0.3, 0.4) is 0 Å². The van der Waals surface area contributed by atoms with Crippen molar-refractivity contribution in [3.05, 3.63) is 33.5 Å². The molecule has 1 nitrogen and oxygen atoms in total. The molecule has 0 spiro atoms. The molecule has 62 valence electrons. The van der Waals surface area contributed by atoms with E-state index in [1.807, 2.05) is 12.1 Å². The topological polar surface area (TPSA) is 15.8 Å². The average molecular weight is 220 g/mol. The van der Waals surface area contributed by atoms with E-state index in [1.54, 1.807) is 6.07 Å². The van der Waals surface area contributed by atoms with Gasteiger partial charge in [0.15, 0.2) is 0 Å². The number of halogens is 3. The van der Waals surface area contributed by atoms with Crippen molar-refractivity contribution in [2.75, 3.05) is 0 Å². The number of H-pyrrole nitrogens is 1. The standard InChI is InChI=1S/C8H4Cl3N/c9-5-3-1-2-4-6(5)8(11)12-7(4)10/h1-3,12H. The van der Waals surface area contributed by atoms with Gasteiger partial charge in [-0.1, -0.05) is 46.9 Å². The van der Waals surface area contributed by atoms with Gasteiger partial charge in [0.05, 0.1) is 5.02 Å². The molecule has 12 heavy (non-hydrogen) atoms. The largest absolute Gasteiger partial charge is 0.336 e. The van der Waals surface area contributed by atoms with Crippen LogP contribution < -0.4 is 0 Å². The van der Waals surface area contributed by atoms with Crippen LogP contribution in [0.5, 0.6) is 0 Å². The third-order valence-electron chi connectivity index (χ3n) is 1.69. The second kappa shape index (κ2) is 2.84. The van der Waals surface area contributed by atoms with Crippen molar-refractivity contribution < 1.29 is 0 Å². The Bertz CT molecular complexity index is 433. The first-order valence-electron chi connectivity index (χ1n) is 3.31. The Morgan fingerprint density at radius 2 is 1.75 bits per heavy atom. The summed E-state index contributed by atoms with van der Waals surface area (Å²) in [7, 11) is 0. The summed E-state index contributed by atoms with van der Waals surface area (Å²) in [6.45, 7) is 0. The molecule has 1 N–H and O–H groups in total. The summed E-state index contributed by atoms with van der Waals surface area (Å²) in [5, 5.41) is 3.26. The van der Waals surface area contributed by atoms with Crippen LogP contribution in [0.25, 0.3) is 10.8 Å². The number of benzene rings is 1. The summed E-state index contributed by atoms with van der Waals surface area (Å²) in [6, 6.07) is 5.48. The normalized spacial score (nSPS) is 10.9. The zero-order valence-corrected chi connectivity index (χ0v) is 8.13. The minimum Gasteiger partial charge on any atom is -0.336 e. The highest BCUT2D eigenvalue weighted by molar-refractivity contribution is 6.45. The van der Waals surface area contributed by atoms with Gasteiger partial charge in [0.2, 0.25) is 0 Å². The summed E-state index contributed by atoms with van der Waals surface area (Å²) in [5.74, 6) is 0. The Morgan fingerprint density at radius 1 is 1.00 bits per heavy atom. The van der Waals surface area contributed by atoms with E-state index in [1.165, 1.54) is 0 Å². The van der Waals surface area contributed by atoms with Crippen LogP contribution in [0.2, 0.25) is 15.3 Å². The summed E-state index contributed by atoms with van der Waals surface area (Å²) in [5.41, 5.74) is 0. The zero-order valence-electron chi connectivity index (χ0n) is 5.87. The lowest BCUT2D eigenvalue weighted by Crippen LogP contribution is -1.66. The van der Waals surface area contributed by atoms with E-state index < -0.39 is 0 Å². The quantitative estimate of drug-likeness (QED) is 0.687. The first-order chi connectivity index (χ1) is 5.70. The number of aromatic nitrogens is 1. The fraction of sp³-hybridized carbons (Fsp3) is 0. The lowest BCUT2D eigenvalue weighted by atomic mass is 10.2. The molecule has 1 heterocycles. The van der Waals surface area contributed by atoms with E-state index in [-0.39, 0.29) is 0 Å². The van der Waals surface area contributed by atoms with Crippen molar-refractivity contribution in [1.82, 2.24) is 4.98 Å². The second-order valence-corrected chi connectivity index (χ2v) is 3.58. The molecule has 0 aliphatic rings. The number of hydrogen-bond donors (Lipinski definition) is 1. The first kappa shape index (κ1) is 8.24. The molecule has 0 saturated heterocycles. The molecule has 0 amide bonds. The Balaban J connectivity index is 2.99. The molecule has 2 aromatic rings. The molecule has 1 aromatic carbocycles. The lowest BCUT2D eigenvalue weighted by molar-refractivity contribution is 1.42. The predicted molar refractivity (Wildman–Crippen MR) is 53.3 cm³/mol. The number of hydrogen-bond acceptors (Lipinski definition) is 0. The molecule has 0 atom stereocenters. The molecule has 0 aliphatic carbocycles. The van der Waals surface area contributed by atoms with Crippen LogP contribution in [-0.4, -0.2) is 4.98 Å². The molecule has 0 radical (unpaired) electrons. The van der Waals surface area contributed by atoms with Crippen LogP contribution in [0.4, 0.5) is 0 Å². The number of aromatic amines is 1. The van der Waals surface area contributed by atoms with Crippen molar-refractivity contribution in [3.63, 3.8) is 0 Å². The van der Waals surface area contributed by atoms with E-state index in [0.717, 1.165) is 10.8 Å². The Kier molecular flexibility index (Phi) is 1.95. The molecular formula is C8H4Cl3N. The minimum atomic E-state index is 0.487. The fourth-order valence-corrected chi connectivity index (χ4v) is 2.07. The van der Waals surface area contributed by atoms with Gasteiger partial charge in [0.1, 0.15) is 10.3 Å². The number of fused-ring (bicyclic) bond motifs is 1. The van der Waals surface area contributed by atoms with Gasteiger partial charge in [-0.15, -0.1) is 0 Å². The lowest BCUT2D eigenvalue weighted by Gasteiger charge is -1.92. The highest BCUT2D eigenvalue weighted by Gasteiger charge is 2.08. The van der Waals surface area contributed by atoms with Crippen LogP contribution in [-0.2, 0) is 0 Å². The monoisotopic (exact) mass is 219 g/mol. The van der Waals surface area contributed by atoms with E-state index in [2.05, 4.69) is 4.98 Å². The molecule has 0 saturated carbocycles. The van der Waals surface area contributed by atoms with Crippen LogP contribution in [0.15, 0.2) is 18.2 Å². The van der Waals surface area contributed by atoms with Crippen molar-refractivity contribution in [2.45, 2.75) is 0 Å². The van der Waals surface area contributed by atoms with Crippen LogP contribution in [0.1, 0.15) is 0 Å². The number of nitrogens with one attached hydrogen (secondary N) is 1. The third kappa shape index (κ3) is 1.09. The van der Waals surface area contributed by atoms with Crippen molar-refractivity contribution in [2.24, 2.45) is 0 Å². The van der Waals surface area contributed by atoms with Crippen LogP contribution >= 0.6 is 34.8 Å². The maximum absolute atomic E-state index is 5.91. The average Bonchev–Trinajstić information content (AvgIpc) is 2.29. The molecule has 4 heteroatoms. The van der Waals surface area contributed by atoms with Crippen molar-refractivity contribution >= 4 is 45.6 Å². The highest BCUT2D eigenvalue weighted by atomic mass is 35.5. The molecule has 0 bridgehead atoms. The van der Waals surface area contributed by atoms with E-state index in [9.17, 15) is 0 Å². The van der Waals surface area contributed by atoms with Gasteiger partial charge in [-0.3, -0.25) is 0 Å². The highest BCUT2D eigenvalue weighted by Crippen LogP contribution is 2.34. The molecule has 2 rings (SSSR count). The molecule has 1 aromatic heterocycles. The van der Waals surface area contributed by atoms with Gasteiger partial charge in [-0.25, -0.2) is 0 Å². The molecule has 0 aliphatic heterocycles. The smallest absolute Gasteiger partial charge is 0.116 e. The predicted octanol–water partition coefficient (Wildman–Crippen LogP) is 4.13. The molecule has 0 fully saturated rings. The molecule has 0 unspecified atom stereocenters. The summed E-state index contributed by atoms with van der Waals surface area (Å²) < 4.78 is 0. The van der Waals surface area contributed by atoms with Gasteiger partial charge in [-0.05, 0) is 6.07 Å². The SMILES string of the molecule is Clc1[nH]c(Cl)c2c(Cl)cccc12. The minimum absolute atomic E-state index is 0.487. The molecular weight excluding hydrogens is 216 g/mol.